The predicted octanol–water partition coefficient (Wildman–Crippen LogP) is 3.38. The Morgan fingerprint density at radius 2 is 2.00 bits per heavy atom. The molecule has 0 unspecified atom stereocenters. The van der Waals surface area contributed by atoms with Gasteiger partial charge in [0, 0.05) is 12.7 Å². The van der Waals surface area contributed by atoms with Crippen LogP contribution in [0, 0.1) is 5.41 Å². The van der Waals surface area contributed by atoms with E-state index in [2.05, 4.69) is 5.32 Å². The first-order valence-electron chi connectivity index (χ1n) is 7.65. The monoisotopic (exact) mass is 299 g/mol. The van der Waals surface area contributed by atoms with E-state index in [9.17, 15) is 4.79 Å². The van der Waals surface area contributed by atoms with Gasteiger partial charge in [-0.2, -0.15) is 0 Å². The number of rotatable bonds is 6. The van der Waals surface area contributed by atoms with Gasteiger partial charge < -0.3 is 14.5 Å². The molecular formula is C18H21NO3. The van der Waals surface area contributed by atoms with Crippen LogP contribution in [0.1, 0.15) is 25.0 Å². The molecule has 1 aliphatic rings. The summed E-state index contributed by atoms with van der Waals surface area (Å²) in [7, 11) is 1.64. The number of carbonyl (C=O) groups is 1. The number of ether oxygens (including phenoxy) is 1. The summed E-state index contributed by atoms with van der Waals surface area (Å²) in [6, 6.07) is 13.8. The molecule has 1 aromatic carbocycles. The molecule has 3 rings (SSSR count). The summed E-state index contributed by atoms with van der Waals surface area (Å²) in [6.07, 6.45) is 2.90. The number of nitrogens with one attached hydrogen (secondary N) is 1. The Balaban J connectivity index is 1.60. The molecule has 1 aliphatic carbocycles. The minimum absolute atomic E-state index is 0.0678. The quantitative estimate of drug-likeness (QED) is 0.889. The number of furan rings is 1. The molecule has 0 atom stereocenters. The van der Waals surface area contributed by atoms with E-state index in [1.807, 2.05) is 42.5 Å². The molecule has 0 bridgehead atoms. The summed E-state index contributed by atoms with van der Waals surface area (Å²) in [5, 5.41) is 2.98. The highest BCUT2D eigenvalue weighted by atomic mass is 16.5. The maximum atomic E-state index is 12.4. The number of amides is 1. The molecule has 4 nitrogen and oxygen atoms in total. The van der Waals surface area contributed by atoms with E-state index in [1.165, 1.54) is 0 Å². The lowest BCUT2D eigenvalue weighted by molar-refractivity contribution is -0.140. The number of hydrogen-bond acceptors (Lipinski definition) is 3. The zero-order chi connectivity index (χ0) is 15.4. The van der Waals surface area contributed by atoms with E-state index in [1.54, 1.807) is 7.11 Å². The second-order valence-electron chi connectivity index (χ2n) is 5.88. The van der Waals surface area contributed by atoms with Gasteiger partial charge in [-0.15, -0.1) is 0 Å². The second kappa shape index (κ2) is 6.36. The summed E-state index contributed by atoms with van der Waals surface area (Å²) >= 11 is 0. The molecule has 1 aromatic heterocycles. The molecular weight excluding hydrogens is 278 g/mol. The molecule has 4 heteroatoms. The normalized spacial score (nSPS) is 16.0. The van der Waals surface area contributed by atoms with Crippen molar-refractivity contribution in [2.24, 2.45) is 5.41 Å². The minimum atomic E-state index is -0.330. The highest BCUT2D eigenvalue weighted by Crippen LogP contribution is 2.41. The summed E-state index contributed by atoms with van der Waals surface area (Å²) < 4.78 is 11.0. The topological polar surface area (TPSA) is 51.5 Å². The lowest BCUT2D eigenvalue weighted by Crippen LogP contribution is -2.48. The van der Waals surface area contributed by atoms with Crippen molar-refractivity contribution in [2.45, 2.75) is 25.8 Å². The first-order valence-corrected chi connectivity index (χ1v) is 7.65. The van der Waals surface area contributed by atoms with E-state index in [0.717, 1.165) is 36.3 Å². The van der Waals surface area contributed by atoms with Gasteiger partial charge in [0.1, 0.15) is 11.5 Å². The molecule has 22 heavy (non-hydrogen) atoms. The Morgan fingerprint density at radius 1 is 1.23 bits per heavy atom. The van der Waals surface area contributed by atoms with Crippen LogP contribution >= 0.6 is 0 Å². The Morgan fingerprint density at radius 3 is 2.64 bits per heavy atom. The average Bonchev–Trinajstić information content (AvgIpc) is 2.98. The average molecular weight is 299 g/mol. The number of carbonyl (C=O) groups excluding carboxylic acids is 1. The Hall–Kier alpha value is -2.07. The van der Waals surface area contributed by atoms with Gasteiger partial charge >= 0.3 is 0 Å². The molecule has 0 radical (unpaired) electrons. The standard InChI is InChI=1S/C18H21NO3/c1-21-13-18(10-5-11-18)17(20)19-12-15-8-9-16(22-15)14-6-3-2-4-7-14/h2-4,6-9H,5,10-13H2,1H3,(H,19,20). The van der Waals surface area contributed by atoms with Crippen LogP contribution in [0.25, 0.3) is 11.3 Å². The van der Waals surface area contributed by atoms with Crippen LogP contribution < -0.4 is 5.32 Å². The van der Waals surface area contributed by atoms with Crippen molar-refractivity contribution in [1.82, 2.24) is 5.32 Å². The Labute approximate surface area is 130 Å². The third kappa shape index (κ3) is 2.92. The lowest BCUT2D eigenvalue weighted by Gasteiger charge is -2.39. The van der Waals surface area contributed by atoms with Crippen LogP contribution in [0.2, 0.25) is 0 Å². The van der Waals surface area contributed by atoms with Crippen molar-refractivity contribution >= 4 is 5.91 Å². The van der Waals surface area contributed by atoms with E-state index in [0.29, 0.717) is 13.2 Å². The summed E-state index contributed by atoms with van der Waals surface area (Å²) in [5.41, 5.74) is 0.707. The largest absolute Gasteiger partial charge is 0.459 e. The van der Waals surface area contributed by atoms with Crippen LogP contribution in [-0.4, -0.2) is 19.6 Å². The highest BCUT2D eigenvalue weighted by Gasteiger charge is 2.44. The van der Waals surface area contributed by atoms with Gasteiger partial charge in [0.25, 0.3) is 0 Å². The molecule has 1 amide bonds. The zero-order valence-corrected chi connectivity index (χ0v) is 12.8. The van der Waals surface area contributed by atoms with Gasteiger partial charge in [-0.25, -0.2) is 0 Å². The predicted molar refractivity (Wildman–Crippen MR) is 84.2 cm³/mol. The van der Waals surface area contributed by atoms with Gasteiger partial charge in [0.2, 0.25) is 5.91 Å². The summed E-state index contributed by atoms with van der Waals surface area (Å²) in [6.45, 7) is 0.906. The third-order valence-corrected chi connectivity index (χ3v) is 4.36. The van der Waals surface area contributed by atoms with Gasteiger partial charge in [-0.1, -0.05) is 36.8 Å². The number of methoxy groups -OCH3 is 1. The Bertz CT molecular complexity index is 629. The van der Waals surface area contributed by atoms with Gasteiger partial charge in [-0.05, 0) is 25.0 Å². The van der Waals surface area contributed by atoms with E-state index < -0.39 is 0 Å². The van der Waals surface area contributed by atoms with Gasteiger partial charge in [0.15, 0.2) is 0 Å². The van der Waals surface area contributed by atoms with Crippen molar-refractivity contribution in [1.29, 1.82) is 0 Å². The lowest BCUT2D eigenvalue weighted by atomic mass is 9.68. The van der Waals surface area contributed by atoms with Crippen LogP contribution in [0.15, 0.2) is 46.9 Å². The van der Waals surface area contributed by atoms with Crippen LogP contribution in [0.3, 0.4) is 0 Å². The fourth-order valence-corrected chi connectivity index (χ4v) is 2.90. The first-order chi connectivity index (χ1) is 10.7. The fourth-order valence-electron chi connectivity index (χ4n) is 2.90. The minimum Gasteiger partial charge on any atom is -0.459 e. The van der Waals surface area contributed by atoms with Crippen molar-refractivity contribution < 1.29 is 13.9 Å². The number of hydrogen-bond donors (Lipinski definition) is 1. The van der Waals surface area contributed by atoms with Crippen molar-refractivity contribution in [2.75, 3.05) is 13.7 Å². The van der Waals surface area contributed by atoms with Crippen molar-refractivity contribution in [3.05, 3.63) is 48.2 Å². The van der Waals surface area contributed by atoms with E-state index in [-0.39, 0.29) is 11.3 Å². The molecule has 1 saturated carbocycles. The number of benzene rings is 1. The maximum absolute atomic E-state index is 12.4. The second-order valence-corrected chi connectivity index (χ2v) is 5.88. The fraction of sp³-hybridized carbons (Fsp3) is 0.389. The zero-order valence-electron chi connectivity index (χ0n) is 12.8. The molecule has 2 aromatic rings. The van der Waals surface area contributed by atoms with Crippen LogP contribution in [0.4, 0.5) is 0 Å². The first kappa shape index (κ1) is 14.9. The molecule has 0 spiro atoms. The van der Waals surface area contributed by atoms with E-state index in [4.69, 9.17) is 9.15 Å². The Kier molecular flexibility index (Phi) is 4.29. The van der Waals surface area contributed by atoms with E-state index >= 15 is 0 Å². The summed E-state index contributed by atoms with van der Waals surface area (Å²) in [4.78, 5) is 12.4. The van der Waals surface area contributed by atoms with Crippen LogP contribution in [0.5, 0.6) is 0 Å². The molecule has 0 saturated heterocycles. The SMILES string of the molecule is COCC1(C(=O)NCc2ccc(-c3ccccc3)o2)CCC1. The van der Waals surface area contributed by atoms with Crippen molar-refractivity contribution in [3.8, 4) is 11.3 Å². The van der Waals surface area contributed by atoms with Crippen molar-refractivity contribution in [3.63, 3.8) is 0 Å². The van der Waals surface area contributed by atoms with Gasteiger partial charge in [0.05, 0.1) is 18.6 Å². The van der Waals surface area contributed by atoms with Crippen LogP contribution in [-0.2, 0) is 16.1 Å². The smallest absolute Gasteiger partial charge is 0.228 e. The molecule has 1 fully saturated rings. The summed E-state index contributed by atoms with van der Waals surface area (Å²) in [5.74, 6) is 1.65. The molecule has 116 valence electrons. The molecule has 1 heterocycles. The third-order valence-electron chi connectivity index (χ3n) is 4.36. The molecule has 1 N–H and O–H groups in total. The highest BCUT2D eigenvalue weighted by molar-refractivity contribution is 5.83. The van der Waals surface area contributed by atoms with Gasteiger partial charge in [-0.3, -0.25) is 4.79 Å². The molecule has 0 aliphatic heterocycles. The maximum Gasteiger partial charge on any atom is 0.228 e.